The van der Waals surface area contributed by atoms with E-state index in [0.29, 0.717) is 17.5 Å². The van der Waals surface area contributed by atoms with Crippen LogP contribution in [0, 0.1) is 0 Å². The first-order chi connectivity index (χ1) is 34.7. The highest BCUT2D eigenvalue weighted by Crippen LogP contribution is 2.64. The third kappa shape index (κ3) is 4.93. The lowest BCUT2D eigenvalue weighted by Gasteiger charge is -2.32. The number of aromatic nitrogens is 3. The van der Waals surface area contributed by atoms with Gasteiger partial charge in [-0.3, -0.25) is 0 Å². The van der Waals surface area contributed by atoms with Crippen LogP contribution in [0.3, 0.4) is 0 Å². The van der Waals surface area contributed by atoms with Crippen molar-refractivity contribution in [3.05, 3.63) is 235 Å². The Hall–Kier alpha value is -9.39. The number of hydrogen-bond donors (Lipinski definition) is 0. The fraction of sp³-hybridized carbons (Fsp3) is 0.0156. The van der Waals surface area contributed by atoms with Gasteiger partial charge in [-0.15, -0.1) is 0 Å². The molecule has 6 nitrogen and oxygen atoms in total. The molecule has 0 amide bonds. The predicted octanol–water partition coefficient (Wildman–Crippen LogP) is 16.6. The molecule has 10 aromatic carbocycles. The van der Waals surface area contributed by atoms with Crippen LogP contribution in [-0.2, 0) is 5.41 Å². The van der Waals surface area contributed by atoms with Crippen molar-refractivity contribution in [3.63, 3.8) is 0 Å². The first-order valence-corrected chi connectivity index (χ1v) is 23.7. The van der Waals surface area contributed by atoms with Crippen LogP contribution >= 0.6 is 0 Å². The number of para-hydroxylation sites is 3. The van der Waals surface area contributed by atoms with E-state index in [2.05, 4.69) is 140 Å². The lowest BCUT2D eigenvalue weighted by molar-refractivity contribution is 0.668. The Morgan fingerprint density at radius 3 is 1.39 bits per heavy atom. The quantitative estimate of drug-likeness (QED) is 0.175. The second kappa shape index (κ2) is 13.8. The van der Waals surface area contributed by atoms with Crippen LogP contribution in [0.5, 0.6) is 0 Å². The highest BCUT2D eigenvalue weighted by molar-refractivity contribution is 6.15. The van der Waals surface area contributed by atoms with Crippen molar-refractivity contribution in [2.45, 2.75) is 5.41 Å². The first kappa shape index (κ1) is 37.7. The third-order valence-electron chi connectivity index (χ3n) is 15.0. The van der Waals surface area contributed by atoms with Gasteiger partial charge in [0.15, 0.2) is 17.5 Å². The fourth-order valence-corrected chi connectivity index (χ4v) is 12.2. The zero-order valence-corrected chi connectivity index (χ0v) is 37.3. The van der Waals surface area contributed by atoms with Crippen molar-refractivity contribution < 1.29 is 13.3 Å². The molecule has 6 heteroatoms. The molecule has 0 N–H and O–H groups in total. The molecule has 0 unspecified atom stereocenters. The monoisotopic (exact) mass is 893 g/mol. The highest BCUT2D eigenvalue weighted by atomic mass is 16.3. The van der Waals surface area contributed by atoms with Gasteiger partial charge in [-0.05, 0) is 98.1 Å². The largest absolute Gasteiger partial charge is 0.456 e. The van der Waals surface area contributed by atoms with Crippen molar-refractivity contribution in [1.29, 1.82) is 0 Å². The smallest absolute Gasteiger partial charge is 0.167 e. The van der Waals surface area contributed by atoms with Gasteiger partial charge in [-0.25, -0.2) is 15.0 Å². The van der Waals surface area contributed by atoms with Gasteiger partial charge in [0, 0.05) is 43.4 Å². The van der Waals surface area contributed by atoms with Crippen LogP contribution in [0.2, 0.25) is 0 Å². The molecule has 0 saturated carbocycles. The molecule has 324 valence electrons. The Kier molecular flexibility index (Phi) is 7.45. The van der Waals surface area contributed by atoms with Gasteiger partial charge < -0.3 is 13.3 Å². The summed E-state index contributed by atoms with van der Waals surface area (Å²) in [7, 11) is 0. The van der Waals surface area contributed by atoms with E-state index in [0.717, 1.165) is 88.1 Å². The van der Waals surface area contributed by atoms with Gasteiger partial charge in [-0.1, -0.05) is 170 Å². The van der Waals surface area contributed by atoms with E-state index in [1.54, 1.807) is 0 Å². The topological polar surface area (TPSA) is 78.1 Å². The molecule has 1 spiro atoms. The van der Waals surface area contributed by atoms with Crippen molar-refractivity contribution in [3.8, 4) is 67.5 Å². The highest BCUT2D eigenvalue weighted by Gasteiger charge is 2.52. The van der Waals surface area contributed by atoms with Crippen molar-refractivity contribution in [1.82, 2.24) is 15.0 Å². The van der Waals surface area contributed by atoms with E-state index in [1.165, 1.54) is 50.1 Å². The maximum atomic E-state index is 6.75. The Labute approximate surface area is 399 Å². The molecule has 70 heavy (non-hydrogen) atoms. The van der Waals surface area contributed by atoms with Crippen LogP contribution in [0.4, 0.5) is 0 Å². The van der Waals surface area contributed by atoms with Gasteiger partial charge in [-0.2, -0.15) is 0 Å². The summed E-state index contributed by atoms with van der Waals surface area (Å²) < 4.78 is 19.8. The molecule has 0 bridgehead atoms. The second-order valence-corrected chi connectivity index (χ2v) is 18.5. The fourth-order valence-electron chi connectivity index (χ4n) is 12.2. The molecule has 4 heterocycles. The first-order valence-electron chi connectivity index (χ1n) is 23.7. The maximum Gasteiger partial charge on any atom is 0.167 e. The summed E-state index contributed by atoms with van der Waals surface area (Å²) in [5, 5.41) is 5.88. The zero-order valence-electron chi connectivity index (χ0n) is 37.3. The second-order valence-electron chi connectivity index (χ2n) is 18.5. The number of hydrogen-bond acceptors (Lipinski definition) is 6. The van der Waals surface area contributed by atoms with E-state index in [-0.39, 0.29) is 0 Å². The Bertz CT molecular complexity index is 4510. The number of rotatable bonds is 4. The Morgan fingerprint density at radius 1 is 0.286 bits per heavy atom. The molecular weight excluding hydrogens is 859 g/mol. The van der Waals surface area contributed by atoms with Crippen molar-refractivity contribution >= 4 is 65.8 Å². The summed E-state index contributed by atoms with van der Waals surface area (Å²) in [5.74, 6) is 1.55. The van der Waals surface area contributed by atoms with Crippen LogP contribution in [0.1, 0.15) is 22.3 Å². The number of nitrogens with zero attached hydrogens (tertiary/aromatic N) is 3. The molecule has 0 aliphatic heterocycles. The molecule has 14 aromatic rings. The van der Waals surface area contributed by atoms with Gasteiger partial charge in [0.05, 0.1) is 11.0 Å². The van der Waals surface area contributed by atoms with Crippen LogP contribution in [0.25, 0.3) is 133 Å². The lowest BCUT2D eigenvalue weighted by Crippen LogP contribution is -2.26. The molecule has 0 fully saturated rings. The van der Waals surface area contributed by atoms with Crippen LogP contribution < -0.4 is 0 Å². The van der Waals surface area contributed by atoms with Crippen molar-refractivity contribution in [2.24, 2.45) is 0 Å². The minimum absolute atomic E-state index is 0.502. The third-order valence-corrected chi connectivity index (χ3v) is 15.0. The lowest BCUT2D eigenvalue weighted by atomic mass is 9.68. The zero-order chi connectivity index (χ0) is 45.7. The summed E-state index contributed by atoms with van der Waals surface area (Å²) in [5.41, 5.74) is 19.2. The van der Waals surface area contributed by atoms with Crippen molar-refractivity contribution in [2.75, 3.05) is 0 Å². The minimum atomic E-state index is -0.502. The van der Waals surface area contributed by atoms with Gasteiger partial charge in [0.1, 0.15) is 33.5 Å². The molecule has 2 aliphatic rings. The van der Waals surface area contributed by atoms with Gasteiger partial charge >= 0.3 is 0 Å². The Morgan fingerprint density at radius 2 is 0.714 bits per heavy atom. The minimum Gasteiger partial charge on any atom is -0.456 e. The van der Waals surface area contributed by atoms with E-state index in [9.17, 15) is 0 Å². The summed E-state index contributed by atoms with van der Waals surface area (Å²) in [6, 6.07) is 75.0. The summed E-state index contributed by atoms with van der Waals surface area (Å²) in [6.45, 7) is 0. The number of benzene rings is 10. The number of fused-ring (bicyclic) bond motifs is 19. The molecule has 4 aromatic heterocycles. The average molecular weight is 894 g/mol. The Balaban J connectivity index is 0.950. The summed E-state index contributed by atoms with van der Waals surface area (Å²) >= 11 is 0. The average Bonchev–Trinajstić information content (AvgIpc) is 4.24. The molecule has 16 rings (SSSR count). The van der Waals surface area contributed by atoms with Gasteiger partial charge in [0.2, 0.25) is 0 Å². The molecule has 2 aliphatic carbocycles. The molecule has 0 saturated heterocycles. The predicted molar refractivity (Wildman–Crippen MR) is 280 cm³/mol. The number of furan rings is 3. The van der Waals surface area contributed by atoms with Gasteiger partial charge in [0.25, 0.3) is 0 Å². The normalized spacial score (nSPS) is 13.3. The standard InChI is InChI=1S/C64H35N3O3/c1-6-26-49-38(15-1)39-16-2-7-27-50(39)64(49)51-28-8-3-17-40(51)42-21-11-20-37(59(42)64)36-33-34-54-48(35-36)58-46(24-14-32-56(58)69-54)62-65-61(45-23-13-31-55-57(45)44-19-5-10-30-53(44)68-55)66-63(67-62)47-25-12-22-43-41-18-4-9-29-52(41)70-60(43)47/h1-35H. The maximum absolute atomic E-state index is 6.75. The molecule has 0 radical (unpaired) electrons. The SMILES string of the molecule is c1ccc2c(c1)-c1ccccc1C21c2ccccc2-c2cccc(-c3ccc4oc5cccc(-c6nc(-c7cccc8c7oc7ccccc78)nc(-c7cccc8oc9ccccc9c78)n6)c5c4c3)c21. The summed E-state index contributed by atoms with van der Waals surface area (Å²) in [4.78, 5) is 16.1. The molecule has 0 atom stereocenters. The summed E-state index contributed by atoms with van der Waals surface area (Å²) in [6.07, 6.45) is 0. The van der Waals surface area contributed by atoms with Crippen LogP contribution in [0.15, 0.2) is 226 Å². The van der Waals surface area contributed by atoms with E-state index in [1.807, 2.05) is 72.8 Å². The van der Waals surface area contributed by atoms with E-state index < -0.39 is 5.41 Å². The van der Waals surface area contributed by atoms with Crippen LogP contribution in [-0.4, -0.2) is 15.0 Å². The van der Waals surface area contributed by atoms with E-state index in [4.69, 9.17) is 28.2 Å². The van der Waals surface area contributed by atoms with E-state index >= 15 is 0 Å². The molecular formula is C64H35N3O3.